The van der Waals surface area contributed by atoms with Crippen LogP contribution in [0.1, 0.15) is 40.1 Å². The van der Waals surface area contributed by atoms with Gasteiger partial charge in [0.1, 0.15) is 11.6 Å². The van der Waals surface area contributed by atoms with Crippen LogP contribution in [0.5, 0.6) is 0 Å². The molecule has 0 amide bonds. The van der Waals surface area contributed by atoms with E-state index < -0.39 is 17.6 Å². The molecule has 0 fully saturated rings. The zero-order chi connectivity index (χ0) is 20.8. The second kappa shape index (κ2) is 13.5. The Morgan fingerprint density at radius 2 is 1.48 bits per heavy atom. The maximum absolute atomic E-state index is 13.1. The van der Waals surface area contributed by atoms with Crippen molar-refractivity contribution in [3.05, 3.63) is 75.3 Å². The van der Waals surface area contributed by atoms with Gasteiger partial charge in [0.05, 0.1) is 18.2 Å². The largest absolute Gasteiger partial charge is 0.466 e. The molecular weight excluding hydrogens is 422 g/mol. The lowest BCUT2D eigenvalue weighted by atomic mass is 10.1. The summed E-state index contributed by atoms with van der Waals surface area (Å²) in [4.78, 5) is 31.1. The van der Waals surface area contributed by atoms with Crippen molar-refractivity contribution >= 4 is 40.5 Å². The molecule has 0 saturated heterocycles. The van der Waals surface area contributed by atoms with E-state index in [1.165, 1.54) is 49.6 Å². The Morgan fingerprint density at radius 1 is 0.963 bits per heavy atom. The van der Waals surface area contributed by atoms with Gasteiger partial charge in [-0.2, -0.15) is 0 Å². The van der Waals surface area contributed by atoms with Gasteiger partial charge in [0.2, 0.25) is 0 Å². The van der Waals surface area contributed by atoms with Gasteiger partial charge in [-0.1, -0.05) is 35.8 Å². The molecule has 2 aromatic carbocycles. The van der Waals surface area contributed by atoms with Crippen molar-refractivity contribution in [2.45, 2.75) is 13.8 Å². The third kappa shape index (κ3) is 9.01. The van der Waals surface area contributed by atoms with Gasteiger partial charge in [0.25, 0.3) is 0 Å². The molecule has 0 aliphatic rings. The number of benzene rings is 2. The van der Waals surface area contributed by atoms with Crippen molar-refractivity contribution in [1.82, 2.24) is 0 Å². The molecule has 0 saturated carbocycles. The van der Waals surface area contributed by atoms with E-state index in [1.54, 1.807) is 6.07 Å². The Kier molecular flexibility index (Phi) is 12.2. The molecule has 0 atom stereocenters. The number of carbonyl (C=O) groups excluding carboxylic acids is 3. The van der Waals surface area contributed by atoms with Gasteiger partial charge in [-0.05, 0) is 42.0 Å². The minimum atomic E-state index is -0.614. The highest BCUT2D eigenvalue weighted by Crippen LogP contribution is 2.13. The zero-order valence-corrected chi connectivity index (χ0v) is 16.6. The molecule has 0 radical (unpaired) electrons. The number of ether oxygens (including phenoxy) is 1. The van der Waals surface area contributed by atoms with Crippen molar-refractivity contribution in [3.63, 3.8) is 0 Å². The first kappa shape index (κ1) is 24.3. The highest BCUT2D eigenvalue weighted by Gasteiger charge is 2.01. The minimum absolute atomic E-state index is 0.00906. The van der Waals surface area contributed by atoms with Gasteiger partial charge in [-0.3, -0.25) is 9.59 Å². The van der Waals surface area contributed by atoms with E-state index in [4.69, 9.17) is 0 Å². The molecule has 0 aliphatic heterocycles. The number of rotatable bonds is 4. The van der Waals surface area contributed by atoms with E-state index in [9.17, 15) is 23.2 Å². The Morgan fingerprint density at radius 3 is 1.93 bits per heavy atom. The number of hydrogen-bond donors (Lipinski definition) is 0. The SMILES string of the molecule is CC.COC(=O)/C=C/c1ccc(C=O)c(F)c1.O=Cc1ccc(Br)cc1F. The monoisotopic (exact) mass is 440 g/mol. The van der Waals surface area contributed by atoms with Crippen LogP contribution in [0.25, 0.3) is 6.08 Å². The minimum Gasteiger partial charge on any atom is -0.466 e. The van der Waals surface area contributed by atoms with Crippen LogP contribution >= 0.6 is 15.9 Å². The van der Waals surface area contributed by atoms with Gasteiger partial charge in [0.15, 0.2) is 12.6 Å². The number of hydrogen-bond acceptors (Lipinski definition) is 4. The first-order valence-corrected chi connectivity index (χ1v) is 8.61. The summed E-state index contributed by atoms with van der Waals surface area (Å²) >= 11 is 3.07. The van der Waals surface area contributed by atoms with Crippen molar-refractivity contribution in [2.75, 3.05) is 7.11 Å². The van der Waals surface area contributed by atoms with E-state index in [1.807, 2.05) is 13.8 Å². The third-order valence-corrected chi connectivity index (χ3v) is 3.35. The lowest BCUT2D eigenvalue weighted by Gasteiger charge is -1.96. The predicted octanol–water partition coefficient (Wildman–Crippen LogP) is 5.25. The van der Waals surface area contributed by atoms with E-state index in [-0.39, 0.29) is 11.1 Å². The highest BCUT2D eigenvalue weighted by molar-refractivity contribution is 9.10. The molecule has 0 aliphatic carbocycles. The van der Waals surface area contributed by atoms with Gasteiger partial charge in [-0.15, -0.1) is 0 Å². The molecule has 0 heterocycles. The standard InChI is InChI=1S/C11H9FO3.C7H4BrFO.C2H6/c1-15-11(14)5-3-8-2-4-9(7-13)10(12)6-8;8-6-2-1-5(4-10)7(9)3-6;1-2/h2-7H,1H3;1-4H;1-2H3/b5-3+;;. The topological polar surface area (TPSA) is 60.4 Å². The molecule has 4 nitrogen and oxygen atoms in total. The number of methoxy groups -OCH3 is 1. The summed E-state index contributed by atoms with van der Waals surface area (Å²) < 4.78 is 30.7. The maximum Gasteiger partial charge on any atom is 0.330 e. The molecule has 0 N–H and O–H groups in total. The van der Waals surface area contributed by atoms with Crippen LogP contribution in [0.15, 0.2) is 46.9 Å². The molecule has 2 rings (SSSR count). The van der Waals surface area contributed by atoms with Crippen LogP contribution < -0.4 is 0 Å². The number of carbonyl (C=O) groups is 3. The Bertz CT molecular complexity index is 805. The summed E-state index contributed by atoms with van der Waals surface area (Å²) in [5.41, 5.74) is 0.567. The smallest absolute Gasteiger partial charge is 0.330 e. The molecule has 27 heavy (non-hydrogen) atoms. The predicted molar refractivity (Wildman–Crippen MR) is 104 cm³/mol. The molecule has 0 bridgehead atoms. The van der Waals surface area contributed by atoms with Crippen molar-refractivity contribution in [1.29, 1.82) is 0 Å². The molecule has 0 aromatic heterocycles. The first-order chi connectivity index (χ1) is 12.9. The van der Waals surface area contributed by atoms with E-state index in [0.29, 0.717) is 22.6 Å². The second-order valence-corrected chi connectivity index (χ2v) is 5.45. The van der Waals surface area contributed by atoms with Crippen LogP contribution in [0.4, 0.5) is 8.78 Å². The van der Waals surface area contributed by atoms with E-state index in [0.717, 1.165) is 0 Å². The van der Waals surface area contributed by atoms with Gasteiger partial charge in [-0.25, -0.2) is 13.6 Å². The van der Waals surface area contributed by atoms with Crippen LogP contribution in [-0.2, 0) is 9.53 Å². The van der Waals surface area contributed by atoms with E-state index >= 15 is 0 Å². The van der Waals surface area contributed by atoms with Gasteiger partial charge < -0.3 is 4.74 Å². The Labute approximate surface area is 165 Å². The average Bonchev–Trinajstić information content (AvgIpc) is 2.68. The third-order valence-electron chi connectivity index (χ3n) is 2.85. The summed E-state index contributed by atoms with van der Waals surface area (Å²) in [7, 11) is 1.25. The molecular formula is C20H19BrF2O4. The summed E-state index contributed by atoms with van der Waals surface area (Å²) in [6.45, 7) is 4.00. The number of aldehydes is 2. The average molecular weight is 441 g/mol. The number of halogens is 3. The quantitative estimate of drug-likeness (QED) is 0.370. The fourth-order valence-corrected chi connectivity index (χ4v) is 1.91. The first-order valence-electron chi connectivity index (χ1n) is 7.82. The zero-order valence-electron chi connectivity index (χ0n) is 15.0. The van der Waals surface area contributed by atoms with E-state index in [2.05, 4.69) is 20.7 Å². The Hall–Kier alpha value is -2.67. The lowest BCUT2D eigenvalue weighted by molar-refractivity contribution is -0.134. The summed E-state index contributed by atoms with van der Waals surface area (Å²) in [6.07, 6.45) is 3.50. The molecule has 0 spiro atoms. The summed E-state index contributed by atoms with van der Waals surface area (Å²) in [5.74, 6) is -1.63. The molecule has 2 aromatic rings. The summed E-state index contributed by atoms with van der Waals surface area (Å²) in [6, 6.07) is 8.34. The van der Waals surface area contributed by atoms with Crippen LogP contribution in [0.2, 0.25) is 0 Å². The Balaban J connectivity index is 0.000000488. The maximum atomic E-state index is 13.1. The van der Waals surface area contributed by atoms with Crippen LogP contribution in [-0.4, -0.2) is 25.7 Å². The van der Waals surface area contributed by atoms with Crippen molar-refractivity contribution < 1.29 is 27.9 Å². The molecule has 144 valence electrons. The normalized spacial score (nSPS) is 9.41. The number of esters is 1. The van der Waals surface area contributed by atoms with Crippen LogP contribution in [0.3, 0.4) is 0 Å². The lowest BCUT2D eigenvalue weighted by Crippen LogP contribution is -1.93. The fourth-order valence-electron chi connectivity index (χ4n) is 1.57. The van der Waals surface area contributed by atoms with Crippen molar-refractivity contribution in [3.8, 4) is 0 Å². The fraction of sp³-hybridized carbons (Fsp3) is 0.150. The summed E-state index contributed by atoms with van der Waals surface area (Å²) in [5, 5.41) is 0. The molecule has 7 heteroatoms. The van der Waals surface area contributed by atoms with Crippen LogP contribution in [0, 0.1) is 11.6 Å². The van der Waals surface area contributed by atoms with Gasteiger partial charge >= 0.3 is 5.97 Å². The highest BCUT2D eigenvalue weighted by atomic mass is 79.9. The molecule has 0 unspecified atom stereocenters. The van der Waals surface area contributed by atoms with Gasteiger partial charge in [0, 0.05) is 10.5 Å². The van der Waals surface area contributed by atoms with Crippen molar-refractivity contribution in [2.24, 2.45) is 0 Å². The second-order valence-electron chi connectivity index (χ2n) is 4.54.